The smallest absolute Gasteiger partial charge is 0.352 e. The van der Waals surface area contributed by atoms with Gasteiger partial charge in [-0.3, -0.25) is 4.79 Å². The summed E-state index contributed by atoms with van der Waals surface area (Å²) >= 11 is 0. The zero-order chi connectivity index (χ0) is 23.9. The molecule has 0 atom stereocenters. The first kappa shape index (κ1) is 20.9. The van der Waals surface area contributed by atoms with E-state index in [0.717, 1.165) is 28.1 Å². The highest BCUT2D eigenvalue weighted by molar-refractivity contribution is 6.07. The molecule has 0 aliphatic carbocycles. The molecule has 0 fully saturated rings. The zero-order valence-electron chi connectivity index (χ0n) is 18.9. The van der Waals surface area contributed by atoms with Crippen molar-refractivity contribution in [2.45, 2.75) is 13.1 Å². The van der Waals surface area contributed by atoms with Gasteiger partial charge >= 0.3 is 5.97 Å². The van der Waals surface area contributed by atoms with Crippen LogP contribution in [0.3, 0.4) is 0 Å². The molecule has 0 bridgehead atoms. The number of para-hydroxylation sites is 1. The fraction of sp³-hybridized carbons (Fsp3) is 0.0667. The monoisotopic (exact) mass is 458 g/mol. The molecule has 170 valence electrons. The highest BCUT2D eigenvalue weighted by Crippen LogP contribution is 2.32. The van der Waals surface area contributed by atoms with Crippen molar-refractivity contribution in [3.63, 3.8) is 0 Å². The van der Waals surface area contributed by atoms with Gasteiger partial charge in [-0.15, -0.1) is 0 Å². The minimum absolute atomic E-state index is 0.117. The van der Waals surface area contributed by atoms with Crippen LogP contribution in [0.2, 0.25) is 0 Å². The standard InChI is InChI=1S/C30H22N2O3/c33-29(22-14-12-21(13-15-22)26-10-5-8-20-6-1-3-9-25(20)26)32-19-24-16-17-28(30(34)35)31(24)18-23-7-2-4-11-27(23)32/h1-17H,18-19H2,(H,34,35). The minimum Gasteiger partial charge on any atom is -0.477 e. The molecule has 1 N–H and O–H groups in total. The second-order valence-corrected chi connectivity index (χ2v) is 8.73. The van der Waals surface area contributed by atoms with Crippen LogP contribution < -0.4 is 4.90 Å². The third-order valence-corrected chi connectivity index (χ3v) is 6.70. The topological polar surface area (TPSA) is 62.5 Å². The number of hydrogen-bond donors (Lipinski definition) is 1. The number of carboxylic acids is 1. The predicted molar refractivity (Wildman–Crippen MR) is 137 cm³/mol. The molecule has 5 aromatic rings. The number of nitrogens with zero attached hydrogens (tertiary/aromatic N) is 2. The number of anilines is 1. The lowest BCUT2D eigenvalue weighted by molar-refractivity contribution is 0.0685. The molecule has 0 saturated carbocycles. The van der Waals surface area contributed by atoms with E-state index in [1.165, 1.54) is 10.8 Å². The lowest BCUT2D eigenvalue weighted by Gasteiger charge is -2.23. The molecule has 0 radical (unpaired) electrons. The first-order chi connectivity index (χ1) is 17.1. The number of hydrogen-bond acceptors (Lipinski definition) is 2. The normalized spacial score (nSPS) is 12.6. The number of amides is 1. The highest BCUT2D eigenvalue weighted by atomic mass is 16.4. The Morgan fingerprint density at radius 1 is 0.714 bits per heavy atom. The van der Waals surface area contributed by atoms with E-state index in [-0.39, 0.29) is 11.6 Å². The Balaban J connectivity index is 1.38. The number of benzene rings is 4. The van der Waals surface area contributed by atoms with Gasteiger partial charge in [-0.05, 0) is 57.8 Å². The Labute approximate surface area is 202 Å². The molecule has 2 heterocycles. The molecule has 0 unspecified atom stereocenters. The van der Waals surface area contributed by atoms with Crippen molar-refractivity contribution in [2.75, 3.05) is 4.90 Å². The average molecular weight is 459 g/mol. The number of rotatable bonds is 3. The third kappa shape index (κ3) is 3.58. The summed E-state index contributed by atoms with van der Waals surface area (Å²) in [6.45, 7) is 0.706. The van der Waals surface area contributed by atoms with E-state index in [4.69, 9.17) is 0 Å². The third-order valence-electron chi connectivity index (χ3n) is 6.70. The minimum atomic E-state index is -0.975. The summed E-state index contributed by atoms with van der Waals surface area (Å²) in [7, 11) is 0. The lowest BCUT2D eigenvalue weighted by Crippen LogP contribution is -2.30. The fourth-order valence-electron chi connectivity index (χ4n) is 4.95. The van der Waals surface area contributed by atoms with E-state index in [1.54, 1.807) is 21.6 Å². The molecule has 0 saturated heterocycles. The van der Waals surface area contributed by atoms with Crippen molar-refractivity contribution >= 4 is 28.3 Å². The van der Waals surface area contributed by atoms with Crippen molar-refractivity contribution < 1.29 is 14.7 Å². The zero-order valence-corrected chi connectivity index (χ0v) is 18.9. The van der Waals surface area contributed by atoms with Crippen LogP contribution in [-0.4, -0.2) is 21.6 Å². The van der Waals surface area contributed by atoms with Gasteiger partial charge in [0, 0.05) is 16.9 Å². The molecule has 1 aromatic heterocycles. The molecule has 1 aliphatic heterocycles. The summed E-state index contributed by atoms with van der Waals surface area (Å²) in [5, 5.41) is 12.0. The first-order valence-corrected chi connectivity index (χ1v) is 11.5. The molecule has 35 heavy (non-hydrogen) atoms. The van der Waals surface area contributed by atoms with E-state index in [0.29, 0.717) is 18.7 Å². The molecule has 5 heteroatoms. The Bertz CT molecular complexity index is 1590. The maximum atomic E-state index is 13.7. The summed E-state index contributed by atoms with van der Waals surface area (Å²) in [6.07, 6.45) is 0. The van der Waals surface area contributed by atoms with Crippen molar-refractivity contribution in [2.24, 2.45) is 0 Å². The van der Waals surface area contributed by atoms with Crippen molar-refractivity contribution in [1.29, 1.82) is 0 Å². The Morgan fingerprint density at radius 2 is 1.46 bits per heavy atom. The molecule has 1 aliphatic rings. The number of carbonyl (C=O) groups excluding carboxylic acids is 1. The quantitative estimate of drug-likeness (QED) is 0.349. The highest BCUT2D eigenvalue weighted by Gasteiger charge is 2.27. The molecule has 1 amide bonds. The molecule has 6 rings (SSSR count). The van der Waals surface area contributed by atoms with Gasteiger partial charge in [0.25, 0.3) is 5.91 Å². The summed E-state index contributed by atoms with van der Waals surface area (Å²) in [5.41, 5.74) is 5.49. The fourth-order valence-corrected chi connectivity index (χ4v) is 4.95. The molecule has 0 spiro atoms. The second-order valence-electron chi connectivity index (χ2n) is 8.73. The van der Waals surface area contributed by atoms with Crippen LogP contribution in [-0.2, 0) is 13.1 Å². The summed E-state index contributed by atoms with van der Waals surface area (Å²) in [6, 6.07) is 33.3. The van der Waals surface area contributed by atoms with E-state index in [9.17, 15) is 14.7 Å². The van der Waals surface area contributed by atoms with E-state index < -0.39 is 5.97 Å². The number of carboxylic acid groups (broad SMARTS) is 1. The summed E-state index contributed by atoms with van der Waals surface area (Å²) in [5.74, 6) is -1.09. The molecular weight excluding hydrogens is 436 g/mol. The van der Waals surface area contributed by atoms with E-state index in [1.807, 2.05) is 66.7 Å². The van der Waals surface area contributed by atoms with Crippen LogP contribution in [0.15, 0.2) is 103 Å². The van der Waals surface area contributed by atoms with Crippen LogP contribution in [0.4, 0.5) is 5.69 Å². The second kappa shape index (κ2) is 8.29. The number of aromatic carboxylic acids is 1. The Morgan fingerprint density at radius 3 is 2.29 bits per heavy atom. The first-order valence-electron chi connectivity index (χ1n) is 11.5. The number of carbonyl (C=O) groups is 2. The maximum absolute atomic E-state index is 13.7. The molecule has 4 aromatic carbocycles. The van der Waals surface area contributed by atoms with Gasteiger partial charge in [0.2, 0.25) is 0 Å². The average Bonchev–Trinajstić information content (AvgIpc) is 3.21. The number of aromatic nitrogens is 1. The Kier molecular flexibility index (Phi) is 4.96. The van der Waals surface area contributed by atoms with Crippen molar-refractivity contribution in [1.82, 2.24) is 4.57 Å². The van der Waals surface area contributed by atoms with E-state index >= 15 is 0 Å². The van der Waals surface area contributed by atoms with Crippen LogP contribution >= 0.6 is 0 Å². The van der Waals surface area contributed by atoms with Crippen LogP contribution in [0, 0.1) is 0 Å². The van der Waals surface area contributed by atoms with Crippen LogP contribution in [0.1, 0.15) is 32.1 Å². The molecular formula is C30H22N2O3. The van der Waals surface area contributed by atoms with Gasteiger partial charge in [0.05, 0.1) is 13.1 Å². The predicted octanol–water partition coefficient (Wildman–Crippen LogP) is 6.22. The van der Waals surface area contributed by atoms with Crippen LogP contribution in [0.5, 0.6) is 0 Å². The lowest BCUT2D eigenvalue weighted by atomic mass is 9.97. The SMILES string of the molecule is O=C(O)c1ccc2n1Cc1ccccc1N(C(=O)c1ccc(-c3cccc4ccccc34)cc1)C2. The van der Waals surface area contributed by atoms with Gasteiger partial charge in [0.1, 0.15) is 5.69 Å². The van der Waals surface area contributed by atoms with E-state index in [2.05, 4.69) is 24.3 Å². The number of fused-ring (bicyclic) bond motifs is 3. The maximum Gasteiger partial charge on any atom is 0.352 e. The van der Waals surface area contributed by atoms with Crippen LogP contribution in [0.25, 0.3) is 21.9 Å². The van der Waals surface area contributed by atoms with Crippen molar-refractivity contribution in [3.05, 3.63) is 126 Å². The largest absolute Gasteiger partial charge is 0.477 e. The van der Waals surface area contributed by atoms with Gasteiger partial charge in [-0.2, -0.15) is 0 Å². The Hall–Kier alpha value is -4.64. The van der Waals surface area contributed by atoms with Gasteiger partial charge in [0.15, 0.2) is 0 Å². The van der Waals surface area contributed by atoms with Gasteiger partial charge in [-0.25, -0.2) is 4.79 Å². The van der Waals surface area contributed by atoms with Gasteiger partial charge in [-0.1, -0.05) is 72.8 Å². The summed E-state index contributed by atoms with van der Waals surface area (Å²) < 4.78 is 1.78. The van der Waals surface area contributed by atoms with Gasteiger partial charge < -0.3 is 14.6 Å². The molecule has 5 nitrogen and oxygen atoms in total. The van der Waals surface area contributed by atoms with Crippen molar-refractivity contribution in [3.8, 4) is 11.1 Å². The summed E-state index contributed by atoms with van der Waals surface area (Å²) in [4.78, 5) is 27.2.